The molecule has 0 saturated heterocycles. The molecule has 0 unspecified atom stereocenters. The van der Waals surface area contributed by atoms with E-state index in [1.807, 2.05) is 0 Å². The van der Waals surface area contributed by atoms with Gasteiger partial charge >= 0.3 is 5.97 Å². The first-order valence-electron chi connectivity index (χ1n) is 4.76. The summed E-state index contributed by atoms with van der Waals surface area (Å²) in [6.07, 6.45) is 1.48. The maximum absolute atomic E-state index is 11.2. The maximum atomic E-state index is 11.2. The predicted octanol–water partition coefficient (Wildman–Crippen LogP) is 1.41. The molecule has 0 radical (unpaired) electrons. The van der Waals surface area contributed by atoms with Gasteiger partial charge in [0.1, 0.15) is 5.15 Å². The largest absolute Gasteiger partial charge is 0.464 e. The molecule has 0 aliphatic rings. The second-order valence-electron chi connectivity index (χ2n) is 3.28. The van der Waals surface area contributed by atoms with E-state index in [2.05, 4.69) is 20.0 Å². The molecule has 6 nitrogen and oxygen atoms in total. The zero-order valence-electron chi connectivity index (χ0n) is 9.22. The quantitative estimate of drug-likeness (QED) is 0.597. The Bertz CT molecular complexity index is 567. The van der Waals surface area contributed by atoms with Gasteiger partial charge in [-0.25, -0.2) is 14.5 Å². The van der Waals surface area contributed by atoms with Crippen LogP contribution in [0.25, 0.3) is 5.69 Å². The van der Waals surface area contributed by atoms with Crippen LogP contribution in [0.15, 0.2) is 18.3 Å². The molecule has 0 spiro atoms. The van der Waals surface area contributed by atoms with Crippen molar-refractivity contribution in [1.29, 1.82) is 0 Å². The Hall–Kier alpha value is -1.95. The Balaban J connectivity index is 2.40. The summed E-state index contributed by atoms with van der Waals surface area (Å²) in [4.78, 5) is 15.3. The molecule has 0 atom stereocenters. The first-order valence-corrected chi connectivity index (χ1v) is 5.14. The standard InChI is InChI=1S/C10H9ClN4O2/c1-6-8(3-4-9(11)12-6)15-5-7(13-14-15)10(16)17-2/h3-5H,1-2H3. The third kappa shape index (κ3) is 2.26. The number of methoxy groups -OCH3 is 1. The summed E-state index contributed by atoms with van der Waals surface area (Å²) >= 11 is 5.75. The van der Waals surface area contributed by atoms with Crippen molar-refractivity contribution in [3.63, 3.8) is 0 Å². The van der Waals surface area contributed by atoms with Crippen LogP contribution in [0.5, 0.6) is 0 Å². The first kappa shape index (κ1) is 11.5. The third-order valence-electron chi connectivity index (χ3n) is 2.16. The molecule has 2 aromatic heterocycles. The monoisotopic (exact) mass is 252 g/mol. The SMILES string of the molecule is COC(=O)c1cn(-c2ccc(Cl)nc2C)nn1. The number of aryl methyl sites for hydroxylation is 1. The van der Waals surface area contributed by atoms with Gasteiger partial charge in [-0.15, -0.1) is 5.10 Å². The molecule has 7 heteroatoms. The summed E-state index contributed by atoms with van der Waals surface area (Å²) in [5.74, 6) is -0.532. The minimum absolute atomic E-state index is 0.141. The topological polar surface area (TPSA) is 69.9 Å². The molecule has 2 rings (SSSR count). The second kappa shape index (κ2) is 4.50. The Morgan fingerprint density at radius 3 is 2.88 bits per heavy atom. The predicted molar refractivity (Wildman–Crippen MR) is 60.2 cm³/mol. The van der Waals surface area contributed by atoms with Gasteiger partial charge in [-0.1, -0.05) is 16.8 Å². The average Bonchev–Trinajstić information content (AvgIpc) is 2.77. The molecule has 0 saturated carbocycles. The van der Waals surface area contributed by atoms with Crippen LogP contribution in [0.3, 0.4) is 0 Å². The number of esters is 1. The lowest BCUT2D eigenvalue weighted by Gasteiger charge is -2.03. The van der Waals surface area contributed by atoms with Crippen molar-refractivity contribution in [2.45, 2.75) is 6.92 Å². The Labute approximate surface area is 102 Å². The lowest BCUT2D eigenvalue weighted by atomic mass is 10.3. The van der Waals surface area contributed by atoms with E-state index >= 15 is 0 Å². The van der Waals surface area contributed by atoms with Crippen LogP contribution in [0, 0.1) is 6.92 Å². The highest BCUT2D eigenvalue weighted by Crippen LogP contribution is 2.14. The van der Waals surface area contributed by atoms with Gasteiger partial charge in [0.25, 0.3) is 0 Å². The van der Waals surface area contributed by atoms with E-state index in [4.69, 9.17) is 11.6 Å². The number of carbonyl (C=O) groups excluding carboxylic acids is 1. The van der Waals surface area contributed by atoms with E-state index in [0.717, 1.165) is 0 Å². The molecule has 0 amide bonds. The number of hydrogen-bond acceptors (Lipinski definition) is 5. The van der Waals surface area contributed by atoms with E-state index in [-0.39, 0.29) is 5.69 Å². The molecule has 0 aliphatic carbocycles. The summed E-state index contributed by atoms with van der Waals surface area (Å²) < 4.78 is 5.99. The van der Waals surface area contributed by atoms with Gasteiger partial charge in [0, 0.05) is 0 Å². The zero-order chi connectivity index (χ0) is 12.4. The number of nitrogens with zero attached hydrogens (tertiary/aromatic N) is 4. The van der Waals surface area contributed by atoms with Gasteiger partial charge in [0.15, 0.2) is 5.69 Å². The fourth-order valence-corrected chi connectivity index (χ4v) is 1.53. The highest BCUT2D eigenvalue weighted by atomic mass is 35.5. The highest BCUT2D eigenvalue weighted by molar-refractivity contribution is 6.29. The van der Waals surface area contributed by atoms with Crippen molar-refractivity contribution in [2.24, 2.45) is 0 Å². The first-order chi connectivity index (χ1) is 8.11. The molecular formula is C10H9ClN4O2. The molecule has 2 aromatic rings. The van der Waals surface area contributed by atoms with Gasteiger partial charge in [0.05, 0.1) is 24.7 Å². The number of ether oxygens (including phenoxy) is 1. The van der Waals surface area contributed by atoms with Crippen LogP contribution < -0.4 is 0 Å². The van der Waals surface area contributed by atoms with Crippen LogP contribution >= 0.6 is 11.6 Å². The smallest absolute Gasteiger partial charge is 0.360 e. The van der Waals surface area contributed by atoms with Crippen LogP contribution in [0.1, 0.15) is 16.2 Å². The number of hydrogen-bond donors (Lipinski definition) is 0. The number of aromatic nitrogens is 4. The Kier molecular flexibility index (Phi) is 3.06. The molecule has 2 heterocycles. The minimum Gasteiger partial charge on any atom is -0.464 e. The number of rotatable bonds is 2. The summed E-state index contributed by atoms with van der Waals surface area (Å²) in [6, 6.07) is 3.39. The molecule has 17 heavy (non-hydrogen) atoms. The lowest BCUT2D eigenvalue weighted by molar-refractivity contribution is 0.0594. The second-order valence-corrected chi connectivity index (χ2v) is 3.67. The van der Waals surface area contributed by atoms with Gasteiger partial charge < -0.3 is 4.74 Å². The Morgan fingerprint density at radius 2 is 2.24 bits per heavy atom. The normalized spacial score (nSPS) is 10.3. The Morgan fingerprint density at radius 1 is 1.47 bits per heavy atom. The van der Waals surface area contributed by atoms with Crippen LogP contribution in [-0.2, 0) is 4.74 Å². The van der Waals surface area contributed by atoms with E-state index in [9.17, 15) is 4.79 Å². The fourth-order valence-electron chi connectivity index (χ4n) is 1.34. The molecule has 0 bridgehead atoms. The van der Waals surface area contributed by atoms with E-state index in [1.54, 1.807) is 19.1 Å². The van der Waals surface area contributed by atoms with Gasteiger partial charge in [0.2, 0.25) is 0 Å². The molecule has 0 aromatic carbocycles. The van der Waals surface area contributed by atoms with Crippen molar-refractivity contribution in [3.8, 4) is 5.69 Å². The van der Waals surface area contributed by atoms with E-state index in [1.165, 1.54) is 18.0 Å². The van der Waals surface area contributed by atoms with E-state index in [0.29, 0.717) is 16.5 Å². The van der Waals surface area contributed by atoms with Gasteiger partial charge in [-0.2, -0.15) is 0 Å². The minimum atomic E-state index is -0.532. The third-order valence-corrected chi connectivity index (χ3v) is 2.37. The van der Waals surface area contributed by atoms with Crippen molar-refractivity contribution in [2.75, 3.05) is 7.11 Å². The molecule has 0 fully saturated rings. The summed E-state index contributed by atoms with van der Waals surface area (Å²) in [7, 11) is 1.29. The van der Waals surface area contributed by atoms with Crippen molar-refractivity contribution >= 4 is 17.6 Å². The molecular weight excluding hydrogens is 244 g/mol. The number of pyridine rings is 1. The van der Waals surface area contributed by atoms with Crippen LogP contribution in [-0.4, -0.2) is 33.1 Å². The van der Waals surface area contributed by atoms with Crippen LogP contribution in [0.2, 0.25) is 5.15 Å². The maximum Gasteiger partial charge on any atom is 0.360 e. The molecule has 0 aliphatic heterocycles. The summed E-state index contributed by atoms with van der Waals surface area (Å²) in [5.41, 5.74) is 1.54. The van der Waals surface area contributed by atoms with Gasteiger partial charge in [-0.05, 0) is 19.1 Å². The van der Waals surface area contributed by atoms with Crippen molar-refractivity contribution in [3.05, 3.63) is 34.9 Å². The zero-order valence-corrected chi connectivity index (χ0v) is 9.97. The van der Waals surface area contributed by atoms with Gasteiger partial charge in [-0.3, -0.25) is 0 Å². The van der Waals surface area contributed by atoms with Crippen molar-refractivity contribution < 1.29 is 9.53 Å². The highest BCUT2D eigenvalue weighted by Gasteiger charge is 2.12. The van der Waals surface area contributed by atoms with Crippen molar-refractivity contribution in [1.82, 2.24) is 20.0 Å². The molecule has 88 valence electrons. The number of carbonyl (C=O) groups is 1. The summed E-state index contributed by atoms with van der Waals surface area (Å²) in [5, 5.41) is 7.94. The fraction of sp³-hybridized carbons (Fsp3) is 0.200. The average molecular weight is 253 g/mol. The number of halogens is 1. The van der Waals surface area contributed by atoms with E-state index < -0.39 is 5.97 Å². The van der Waals surface area contributed by atoms with Crippen LogP contribution in [0.4, 0.5) is 0 Å². The molecule has 0 N–H and O–H groups in total. The lowest BCUT2D eigenvalue weighted by Crippen LogP contribution is -2.01. The summed E-state index contributed by atoms with van der Waals surface area (Å²) in [6.45, 7) is 1.79.